The van der Waals surface area contributed by atoms with Gasteiger partial charge in [-0.2, -0.15) is 4.99 Å². The minimum Gasteiger partial charge on any atom is -0.468 e. The van der Waals surface area contributed by atoms with Crippen LogP contribution in [0.3, 0.4) is 0 Å². The number of amides is 2. The molecule has 3 N–H and O–H groups in total. The summed E-state index contributed by atoms with van der Waals surface area (Å²) in [7, 11) is 1.40. The number of carbonyl (C=O) groups is 1. The van der Waals surface area contributed by atoms with Gasteiger partial charge in [0.25, 0.3) is 6.02 Å². The lowest BCUT2D eigenvalue weighted by molar-refractivity contribution is 0.250. The van der Waals surface area contributed by atoms with E-state index in [9.17, 15) is 4.79 Å². The molecule has 0 fully saturated rings. The number of hydrogen-bond donors (Lipinski definition) is 2. The summed E-state index contributed by atoms with van der Waals surface area (Å²) in [5.74, 6) is 0. The number of carbonyl (C=O) groups excluding carboxylic acids is 1. The molecule has 0 spiro atoms. The lowest BCUT2D eigenvalue weighted by atomic mass is 10.3. The highest BCUT2D eigenvalue weighted by Crippen LogP contribution is 2.09. The van der Waals surface area contributed by atoms with Crippen molar-refractivity contribution < 1.29 is 9.53 Å². The van der Waals surface area contributed by atoms with Gasteiger partial charge < -0.3 is 10.5 Å². The van der Waals surface area contributed by atoms with Gasteiger partial charge in [-0.25, -0.2) is 4.79 Å². The van der Waals surface area contributed by atoms with Crippen LogP contribution >= 0.6 is 0 Å². The lowest BCUT2D eigenvalue weighted by Crippen LogP contribution is -2.35. The second-order valence-corrected chi connectivity index (χ2v) is 2.45. The molecule has 14 heavy (non-hydrogen) atoms. The maximum absolute atomic E-state index is 10.5. The number of nitrogens with zero attached hydrogens (tertiary/aromatic N) is 1. The molecular weight excluding hydrogens is 182 g/mol. The van der Waals surface area contributed by atoms with E-state index in [1.807, 2.05) is 18.2 Å². The molecule has 2 amide bonds. The van der Waals surface area contributed by atoms with Gasteiger partial charge in [-0.15, -0.1) is 0 Å². The Morgan fingerprint density at radius 2 is 2.07 bits per heavy atom. The Hall–Kier alpha value is -2.04. The third-order valence-corrected chi connectivity index (χ3v) is 1.41. The van der Waals surface area contributed by atoms with E-state index in [2.05, 4.69) is 10.3 Å². The van der Waals surface area contributed by atoms with Gasteiger partial charge in [0, 0.05) is 0 Å². The molecule has 74 valence electrons. The summed E-state index contributed by atoms with van der Waals surface area (Å²) in [5.41, 5.74) is 5.59. The zero-order valence-corrected chi connectivity index (χ0v) is 7.73. The van der Waals surface area contributed by atoms with E-state index in [-0.39, 0.29) is 6.02 Å². The number of nitrogens with one attached hydrogen (secondary N) is 1. The molecule has 0 bridgehead atoms. The van der Waals surface area contributed by atoms with Crippen LogP contribution in [0.2, 0.25) is 0 Å². The van der Waals surface area contributed by atoms with Crippen LogP contribution in [0.1, 0.15) is 0 Å². The first-order valence-electron chi connectivity index (χ1n) is 3.96. The SMILES string of the molecule is COC(=Nc1ccccc1)NC(N)=O. The number of rotatable bonds is 1. The third kappa shape index (κ3) is 3.14. The molecule has 0 radical (unpaired) electrons. The van der Waals surface area contributed by atoms with Crippen LogP contribution < -0.4 is 11.1 Å². The van der Waals surface area contributed by atoms with Crippen LogP contribution in [0.15, 0.2) is 35.3 Å². The second-order valence-electron chi connectivity index (χ2n) is 2.45. The molecule has 0 atom stereocenters. The van der Waals surface area contributed by atoms with Crippen molar-refractivity contribution in [3.8, 4) is 0 Å². The molecule has 0 aliphatic carbocycles. The molecule has 1 rings (SSSR count). The van der Waals surface area contributed by atoms with Gasteiger partial charge in [-0.05, 0) is 12.1 Å². The fourth-order valence-electron chi connectivity index (χ4n) is 0.850. The van der Waals surface area contributed by atoms with Gasteiger partial charge in [0.15, 0.2) is 0 Å². The van der Waals surface area contributed by atoms with Gasteiger partial charge in [-0.1, -0.05) is 18.2 Å². The number of para-hydroxylation sites is 1. The van der Waals surface area contributed by atoms with E-state index in [0.29, 0.717) is 5.69 Å². The molecule has 1 aromatic rings. The fraction of sp³-hybridized carbons (Fsp3) is 0.111. The van der Waals surface area contributed by atoms with Crippen molar-refractivity contribution in [2.24, 2.45) is 10.7 Å². The van der Waals surface area contributed by atoms with Gasteiger partial charge >= 0.3 is 6.03 Å². The van der Waals surface area contributed by atoms with E-state index in [4.69, 9.17) is 10.5 Å². The number of benzene rings is 1. The maximum Gasteiger partial charge on any atom is 0.320 e. The molecule has 0 aliphatic heterocycles. The zero-order valence-electron chi connectivity index (χ0n) is 7.73. The number of hydrogen-bond acceptors (Lipinski definition) is 3. The number of primary amides is 1. The highest BCUT2D eigenvalue weighted by molar-refractivity contribution is 5.93. The summed E-state index contributed by atoms with van der Waals surface area (Å²) in [5, 5.41) is 2.24. The van der Waals surface area contributed by atoms with Crippen molar-refractivity contribution in [2.45, 2.75) is 0 Å². The van der Waals surface area contributed by atoms with Crippen molar-refractivity contribution in [3.63, 3.8) is 0 Å². The van der Waals surface area contributed by atoms with Crippen molar-refractivity contribution in [1.82, 2.24) is 5.32 Å². The molecule has 5 heteroatoms. The molecule has 0 heterocycles. The summed E-state index contributed by atoms with van der Waals surface area (Å²) in [6, 6.07) is 8.45. The van der Waals surface area contributed by atoms with E-state index >= 15 is 0 Å². The third-order valence-electron chi connectivity index (χ3n) is 1.41. The second kappa shape index (κ2) is 4.86. The highest BCUT2D eigenvalue weighted by atomic mass is 16.5. The number of nitrogens with two attached hydrogens (primary N) is 1. The number of amidine groups is 1. The zero-order chi connectivity index (χ0) is 10.4. The smallest absolute Gasteiger partial charge is 0.320 e. The number of urea groups is 1. The molecule has 1 aromatic carbocycles. The van der Waals surface area contributed by atoms with Crippen LogP contribution in [0.4, 0.5) is 10.5 Å². The molecule has 0 aliphatic rings. The minimum atomic E-state index is -0.707. The van der Waals surface area contributed by atoms with Crippen molar-refractivity contribution in [1.29, 1.82) is 0 Å². The van der Waals surface area contributed by atoms with Crippen LogP contribution in [0.5, 0.6) is 0 Å². The van der Waals surface area contributed by atoms with Crippen LogP contribution in [0, 0.1) is 0 Å². The summed E-state index contributed by atoms with van der Waals surface area (Å²) in [6.45, 7) is 0. The lowest BCUT2D eigenvalue weighted by Gasteiger charge is -2.03. The average Bonchev–Trinajstić information content (AvgIpc) is 2.17. The largest absolute Gasteiger partial charge is 0.468 e. The minimum absolute atomic E-state index is 0.0729. The monoisotopic (exact) mass is 193 g/mol. The summed E-state index contributed by atoms with van der Waals surface area (Å²) >= 11 is 0. The Morgan fingerprint density at radius 3 is 2.57 bits per heavy atom. The Bertz CT molecular complexity index is 335. The first-order valence-corrected chi connectivity index (χ1v) is 3.96. The topological polar surface area (TPSA) is 76.7 Å². The standard InChI is InChI=1S/C9H11N3O2/c1-14-9(12-8(10)13)11-7-5-3-2-4-6-7/h2-6H,1H3,(H3,10,11,12,13). The normalized spacial score (nSPS) is 10.8. The van der Waals surface area contributed by atoms with Gasteiger partial charge in [0.05, 0.1) is 12.8 Å². The summed E-state index contributed by atoms with van der Waals surface area (Å²) in [6.07, 6.45) is 0. The molecule has 0 aromatic heterocycles. The average molecular weight is 193 g/mol. The van der Waals surface area contributed by atoms with Gasteiger partial charge in [-0.3, -0.25) is 5.32 Å². The van der Waals surface area contributed by atoms with Crippen LogP contribution in [-0.4, -0.2) is 19.2 Å². The number of ether oxygens (including phenoxy) is 1. The molecule has 0 saturated carbocycles. The summed E-state index contributed by atoms with van der Waals surface area (Å²) in [4.78, 5) is 14.5. The van der Waals surface area contributed by atoms with E-state index in [1.165, 1.54) is 7.11 Å². The molecule has 0 saturated heterocycles. The highest BCUT2D eigenvalue weighted by Gasteiger charge is 2.00. The van der Waals surface area contributed by atoms with E-state index in [0.717, 1.165) is 0 Å². The van der Waals surface area contributed by atoms with Crippen molar-refractivity contribution in [3.05, 3.63) is 30.3 Å². The van der Waals surface area contributed by atoms with E-state index in [1.54, 1.807) is 12.1 Å². The molecule has 0 unspecified atom stereocenters. The predicted octanol–water partition coefficient (Wildman–Crippen LogP) is 0.989. The summed E-state index contributed by atoms with van der Waals surface area (Å²) < 4.78 is 4.80. The first kappa shape index (κ1) is 10.0. The van der Waals surface area contributed by atoms with Gasteiger partial charge in [0.2, 0.25) is 0 Å². The quantitative estimate of drug-likeness (QED) is 0.515. The number of aliphatic imine (C=N–C) groups is 1. The van der Waals surface area contributed by atoms with Gasteiger partial charge in [0.1, 0.15) is 0 Å². The van der Waals surface area contributed by atoms with Crippen molar-refractivity contribution in [2.75, 3.05) is 7.11 Å². The number of methoxy groups -OCH3 is 1. The Kier molecular flexibility index (Phi) is 3.49. The fourth-order valence-corrected chi connectivity index (χ4v) is 0.850. The first-order chi connectivity index (χ1) is 6.72. The Labute approximate surface area is 81.6 Å². The van der Waals surface area contributed by atoms with Crippen molar-refractivity contribution >= 4 is 17.7 Å². The van der Waals surface area contributed by atoms with Crippen LogP contribution in [-0.2, 0) is 4.74 Å². The predicted molar refractivity (Wildman–Crippen MR) is 53.3 cm³/mol. The Morgan fingerprint density at radius 1 is 1.43 bits per heavy atom. The maximum atomic E-state index is 10.5. The molecule has 5 nitrogen and oxygen atoms in total. The van der Waals surface area contributed by atoms with Crippen LogP contribution in [0.25, 0.3) is 0 Å². The van der Waals surface area contributed by atoms with E-state index < -0.39 is 6.03 Å². The molecular formula is C9H11N3O2. The Balaban J connectivity index is 2.78.